The van der Waals surface area contributed by atoms with Gasteiger partial charge in [-0.05, 0) is 6.07 Å². The maximum Gasteiger partial charge on any atom is 0.161 e. The molecule has 0 saturated carbocycles. The number of aliphatic hydroxyl groups excluding tert-OH is 1. The SMILES string of the molecule is Cl.OC1CNCC1CNCc1cc(F)c(F)cc1F. The maximum absolute atomic E-state index is 13.3. The van der Waals surface area contributed by atoms with Crippen molar-refractivity contribution in [1.29, 1.82) is 0 Å². The summed E-state index contributed by atoms with van der Waals surface area (Å²) >= 11 is 0. The number of rotatable bonds is 4. The molecule has 0 bridgehead atoms. The normalized spacial score (nSPS) is 22.3. The zero-order valence-electron chi connectivity index (χ0n) is 10.1. The van der Waals surface area contributed by atoms with Crippen LogP contribution in [0.1, 0.15) is 5.56 Å². The van der Waals surface area contributed by atoms with E-state index in [4.69, 9.17) is 0 Å². The molecule has 1 heterocycles. The number of halogens is 4. The lowest BCUT2D eigenvalue weighted by Gasteiger charge is -2.14. The topological polar surface area (TPSA) is 44.3 Å². The lowest BCUT2D eigenvalue weighted by molar-refractivity contribution is 0.146. The molecular weight excluding hydrogens is 281 g/mol. The summed E-state index contributed by atoms with van der Waals surface area (Å²) in [5, 5.41) is 15.5. The Bertz CT molecular complexity index is 434. The zero-order chi connectivity index (χ0) is 13.1. The van der Waals surface area contributed by atoms with Crippen molar-refractivity contribution in [3.05, 3.63) is 35.1 Å². The van der Waals surface area contributed by atoms with Crippen LogP contribution in [-0.4, -0.2) is 30.8 Å². The number of hydrogen-bond donors (Lipinski definition) is 3. The minimum atomic E-state index is -1.19. The summed E-state index contributed by atoms with van der Waals surface area (Å²) in [4.78, 5) is 0. The van der Waals surface area contributed by atoms with E-state index in [-0.39, 0.29) is 30.4 Å². The number of benzene rings is 1. The minimum absolute atomic E-state index is 0. The molecule has 1 aromatic carbocycles. The Balaban J connectivity index is 0.00000180. The molecule has 2 unspecified atom stereocenters. The molecular formula is C12H16ClF3N2O. The van der Waals surface area contributed by atoms with Gasteiger partial charge in [0, 0.05) is 43.7 Å². The van der Waals surface area contributed by atoms with Gasteiger partial charge in [0.15, 0.2) is 11.6 Å². The van der Waals surface area contributed by atoms with Crippen molar-refractivity contribution in [2.24, 2.45) is 5.92 Å². The van der Waals surface area contributed by atoms with E-state index in [1.807, 2.05) is 0 Å². The predicted octanol–water partition coefficient (Wildman–Crippen LogP) is 1.20. The van der Waals surface area contributed by atoms with Gasteiger partial charge in [0.1, 0.15) is 5.82 Å². The second kappa shape index (κ2) is 7.09. The second-order valence-electron chi connectivity index (χ2n) is 4.47. The van der Waals surface area contributed by atoms with Gasteiger partial charge in [0.2, 0.25) is 0 Å². The van der Waals surface area contributed by atoms with E-state index < -0.39 is 23.6 Å². The predicted molar refractivity (Wildman–Crippen MR) is 67.6 cm³/mol. The molecule has 1 saturated heterocycles. The minimum Gasteiger partial charge on any atom is -0.391 e. The molecule has 7 heteroatoms. The fraction of sp³-hybridized carbons (Fsp3) is 0.500. The van der Waals surface area contributed by atoms with Crippen molar-refractivity contribution >= 4 is 12.4 Å². The smallest absolute Gasteiger partial charge is 0.161 e. The molecule has 3 nitrogen and oxygen atoms in total. The molecule has 2 rings (SSSR count). The molecule has 2 atom stereocenters. The highest BCUT2D eigenvalue weighted by molar-refractivity contribution is 5.85. The van der Waals surface area contributed by atoms with Crippen LogP contribution in [0.4, 0.5) is 13.2 Å². The third kappa shape index (κ3) is 4.07. The molecule has 19 heavy (non-hydrogen) atoms. The molecule has 1 fully saturated rings. The van der Waals surface area contributed by atoms with E-state index in [0.29, 0.717) is 25.7 Å². The molecule has 0 amide bonds. The first-order valence-electron chi connectivity index (χ1n) is 5.81. The summed E-state index contributed by atoms with van der Waals surface area (Å²) < 4.78 is 38.9. The Hall–Kier alpha value is -0.820. The highest BCUT2D eigenvalue weighted by Gasteiger charge is 2.24. The first kappa shape index (κ1) is 16.2. The fourth-order valence-electron chi connectivity index (χ4n) is 2.02. The Morgan fingerprint density at radius 3 is 2.47 bits per heavy atom. The molecule has 0 spiro atoms. The Morgan fingerprint density at radius 1 is 1.16 bits per heavy atom. The van der Waals surface area contributed by atoms with Crippen LogP contribution in [0.5, 0.6) is 0 Å². The van der Waals surface area contributed by atoms with Crippen molar-refractivity contribution in [1.82, 2.24) is 10.6 Å². The van der Waals surface area contributed by atoms with Gasteiger partial charge < -0.3 is 15.7 Å². The van der Waals surface area contributed by atoms with E-state index in [9.17, 15) is 18.3 Å². The molecule has 0 aliphatic carbocycles. The first-order chi connectivity index (χ1) is 8.58. The number of β-amino-alcohol motifs (C(OH)–C–C–N with tert-alkyl or cyclic N) is 1. The summed E-state index contributed by atoms with van der Waals surface area (Å²) in [5.74, 6) is -2.97. The molecule has 1 aliphatic rings. The van der Waals surface area contributed by atoms with Crippen LogP contribution in [0.3, 0.4) is 0 Å². The van der Waals surface area contributed by atoms with Crippen molar-refractivity contribution in [2.45, 2.75) is 12.6 Å². The Labute approximate surface area is 115 Å². The monoisotopic (exact) mass is 296 g/mol. The largest absolute Gasteiger partial charge is 0.391 e. The summed E-state index contributed by atoms with van der Waals surface area (Å²) in [6, 6.07) is 1.39. The molecule has 0 aromatic heterocycles. The number of aliphatic hydroxyl groups is 1. The third-order valence-corrected chi connectivity index (χ3v) is 3.12. The van der Waals surface area contributed by atoms with E-state index >= 15 is 0 Å². The Morgan fingerprint density at radius 2 is 1.84 bits per heavy atom. The molecule has 1 aliphatic heterocycles. The van der Waals surface area contributed by atoms with Gasteiger partial charge in [0.05, 0.1) is 6.10 Å². The van der Waals surface area contributed by atoms with E-state index in [2.05, 4.69) is 10.6 Å². The number of hydrogen-bond acceptors (Lipinski definition) is 3. The van der Waals surface area contributed by atoms with Crippen LogP contribution < -0.4 is 10.6 Å². The molecule has 108 valence electrons. The van der Waals surface area contributed by atoms with Crippen molar-refractivity contribution in [2.75, 3.05) is 19.6 Å². The highest BCUT2D eigenvalue weighted by Crippen LogP contribution is 2.14. The van der Waals surface area contributed by atoms with E-state index in [1.165, 1.54) is 0 Å². The van der Waals surface area contributed by atoms with Crippen LogP contribution >= 0.6 is 12.4 Å². The lowest BCUT2D eigenvalue weighted by atomic mass is 10.1. The van der Waals surface area contributed by atoms with Crippen molar-refractivity contribution < 1.29 is 18.3 Å². The highest BCUT2D eigenvalue weighted by atomic mass is 35.5. The Kier molecular flexibility index (Phi) is 6.06. The van der Waals surface area contributed by atoms with Crippen LogP contribution in [0, 0.1) is 23.4 Å². The van der Waals surface area contributed by atoms with Gasteiger partial charge in [-0.3, -0.25) is 0 Å². The van der Waals surface area contributed by atoms with Crippen LogP contribution in [0.2, 0.25) is 0 Å². The van der Waals surface area contributed by atoms with Crippen LogP contribution in [0.15, 0.2) is 12.1 Å². The summed E-state index contributed by atoms with van der Waals surface area (Å²) in [7, 11) is 0. The van der Waals surface area contributed by atoms with Gasteiger partial charge in [-0.15, -0.1) is 12.4 Å². The lowest BCUT2D eigenvalue weighted by Crippen LogP contribution is -2.30. The summed E-state index contributed by atoms with van der Waals surface area (Å²) in [5.41, 5.74) is 0.0781. The van der Waals surface area contributed by atoms with E-state index in [0.717, 1.165) is 6.07 Å². The summed E-state index contributed by atoms with van der Waals surface area (Å²) in [6.07, 6.45) is -0.424. The molecule has 0 radical (unpaired) electrons. The van der Waals surface area contributed by atoms with Crippen LogP contribution in [-0.2, 0) is 6.54 Å². The maximum atomic E-state index is 13.3. The van der Waals surface area contributed by atoms with E-state index in [1.54, 1.807) is 0 Å². The number of nitrogens with one attached hydrogen (secondary N) is 2. The summed E-state index contributed by atoms with van der Waals surface area (Å²) in [6.45, 7) is 1.83. The van der Waals surface area contributed by atoms with Gasteiger partial charge >= 0.3 is 0 Å². The third-order valence-electron chi connectivity index (χ3n) is 3.12. The first-order valence-corrected chi connectivity index (χ1v) is 5.81. The fourth-order valence-corrected chi connectivity index (χ4v) is 2.02. The van der Waals surface area contributed by atoms with Crippen molar-refractivity contribution in [3.8, 4) is 0 Å². The second-order valence-corrected chi connectivity index (χ2v) is 4.47. The standard InChI is InChI=1S/C12H15F3N2O.ClH/c13-9-2-11(15)10(14)1-7(9)3-16-4-8-5-17-6-12(8)18;/h1-2,8,12,16-18H,3-6H2;1H. The van der Waals surface area contributed by atoms with Gasteiger partial charge in [-0.1, -0.05) is 0 Å². The van der Waals surface area contributed by atoms with Crippen LogP contribution in [0.25, 0.3) is 0 Å². The quantitative estimate of drug-likeness (QED) is 0.732. The van der Waals surface area contributed by atoms with Gasteiger partial charge in [0.25, 0.3) is 0 Å². The zero-order valence-corrected chi connectivity index (χ0v) is 10.9. The van der Waals surface area contributed by atoms with Crippen molar-refractivity contribution in [3.63, 3.8) is 0 Å². The molecule has 3 N–H and O–H groups in total. The van der Waals surface area contributed by atoms with Gasteiger partial charge in [-0.2, -0.15) is 0 Å². The average molecular weight is 297 g/mol. The van der Waals surface area contributed by atoms with Gasteiger partial charge in [-0.25, -0.2) is 13.2 Å². The molecule has 1 aromatic rings. The average Bonchev–Trinajstić information content (AvgIpc) is 2.72.